The Morgan fingerprint density at radius 1 is 1.14 bits per heavy atom. The van der Waals surface area contributed by atoms with Gasteiger partial charge in [-0.15, -0.1) is 0 Å². The number of para-hydroxylation sites is 1. The monoisotopic (exact) mass is 394 g/mol. The molecule has 152 valence electrons. The Balaban J connectivity index is 1.59. The third kappa shape index (κ3) is 4.06. The Morgan fingerprint density at radius 2 is 1.90 bits per heavy atom. The van der Waals surface area contributed by atoms with Crippen LogP contribution in [0.2, 0.25) is 0 Å². The van der Waals surface area contributed by atoms with Crippen molar-refractivity contribution in [3.8, 4) is 0 Å². The maximum Gasteiger partial charge on any atom is 0.337 e. The van der Waals surface area contributed by atoms with Crippen molar-refractivity contribution < 1.29 is 13.9 Å². The summed E-state index contributed by atoms with van der Waals surface area (Å²) >= 11 is 0. The normalized spacial score (nSPS) is 17.1. The average Bonchev–Trinajstić information content (AvgIpc) is 3.27. The van der Waals surface area contributed by atoms with Gasteiger partial charge in [0.15, 0.2) is 0 Å². The van der Waals surface area contributed by atoms with Gasteiger partial charge in [-0.2, -0.15) is 0 Å². The van der Waals surface area contributed by atoms with Crippen LogP contribution in [-0.4, -0.2) is 48.4 Å². The SMILES string of the molecule is COC(=O)c1ccc(Cc2c(C)n(CCN3CCC(F)C3)c3ccccc23)cc1. The fourth-order valence-corrected chi connectivity index (χ4v) is 4.32. The highest BCUT2D eigenvalue weighted by Gasteiger charge is 2.22. The standard InChI is InChI=1S/C24H27FN2O2/c1-17-22(15-18-7-9-19(10-8-18)24(28)29-2)21-5-3-4-6-23(21)27(17)14-13-26-12-11-20(25)16-26/h3-10,20H,11-16H2,1-2H3. The lowest BCUT2D eigenvalue weighted by Crippen LogP contribution is -2.25. The second-order valence-corrected chi connectivity index (χ2v) is 7.78. The smallest absolute Gasteiger partial charge is 0.337 e. The molecule has 1 unspecified atom stereocenters. The van der Waals surface area contributed by atoms with E-state index in [1.54, 1.807) is 0 Å². The molecular weight excluding hydrogens is 367 g/mol. The van der Waals surface area contributed by atoms with Gasteiger partial charge < -0.3 is 9.30 Å². The fourth-order valence-electron chi connectivity index (χ4n) is 4.32. The lowest BCUT2D eigenvalue weighted by Gasteiger charge is -2.17. The minimum Gasteiger partial charge on any atom is -0.465 e. The molecule has 1 atom stereocenters. The molecule has 5 heteroatoms. The first kappa shape index (κ1) is 19.6. The number of fused-ring (bicyclic) bond motifs is 1. The number of ether oxygens (including phenoxy) is 1. The summed E-state index contributed by atoms with van der Waals surface area (Å²) < 4.78 is 20.6. The largest absolute Gasteiger partial charge is 0.465 e. The molecule has 1 fully saturated rings. The second-order valence-electron chi connectivity index (χ2n) is 7.78. The second kappa shape index (κ2) is 8.37. The number of aromatic nitrogens is 1. The first-order valence-electron chi connectivity index (χ1n) is 10.2. The number of methoxy groups -OCH3 is 1. The Hall–Kier alpha value is -2.66. The summed E-state index contributed by atoms with van der Waals surface area (Å²) in [6.45, 7) is 5.30. The highest BCUT2D eigenvalue weighted by atomic mass is 19.1. The van der Waals surface area contributed by atoms with Gasteiger partial charge in [-0.3, -0.25) is 4.90 Å². The molecule has 0 radical (unpaired) electrons. The number of hydrogen-bond donors (Lipinski definition) is 0. The summed E-state index contributed by atoms with van der Waals surface area (Å²) in [5.41, 5.74) is 5.49. The first-order valence-corrected chi connectivity index (χ1v) is 10.2. The van der Waals surface area contributed by atoms with Gasteiger partial charge in [-0.1, -0.05) is 30.3 Å². The molecular formula is C24H27FN2O2. The van der Waals surface area contributed by atoms with E-state index in [9.17, 15) is 9.18 Å². The molecule has 0 aliphatic carbocycles. The predicted octanol–water partition coefficient (Wildman–Crippen LogP) is 4.37. The van der Waals surface area contributed by atoms with Crippen molar-refractivity contribution in [2.24, 2.45) is 0 Å². The molecule has 0 N–H and O–H groups in total. The number of rotatable bonds is 6. The van der Waals surface area contributed by atoms with Gasteiger partial charge in [-0.25, -0.2) is 9.18 Å². The minimum atomic E-state index is -0.680. The van der Waals surface area contributed by atoms with Crippen molar-refractivity contribution in [1.29, 1.82) is 0 Å². The Kier molecular flexibility index (Phi) is 5.67. The summed E-state index contributed by atoms with van der Waals surface area (Å²) in [5.74, 6) is -0.318. The van der Waals surface area contributed by atoms with E-state index in [2.05, 4.69) is 40.7 Å². The topological polar surface area (TPSA) is 34.5 Å². The quantitative estimate of drug-likeness (QED) is 0.582. The lowest BCUT2D eigenvalue weighted by molar-refractivity contribution is 0.0600. The molecule has 0 saturated carbocycles. The molecule has 1 aliphatic heterocycles. The maximum absolute atomic E-state index is 13.5. The molecule has 1 aromatic heterocycles. The highest BCUT2D eigenvalue weighted by molar-refractivity contribution is 5.89. The number of nitrogens with zero attached hydrogens (tertiary/aromatic N) is 2. The number of carbonyl (C=O) groups excluding carboxylic acids is 1. The molecule has 2 aromatic carbocycles. The molecule has 4 nitrogen and oxygen atoms in total. The van der Waals surface area contributed by atoms with Crippen LogP contribution in [0, 0.1) is 6.92 Å². The van der Waals surface area contributed by atoms with Crippen LogP contribution in [0.1, 0.15) is 33.6 Å². The minimum absolute atomic E-state index is 0.318. The predicted molar refractivity (Wildman–Crippen MR) is 113 cm³/mol. The van der Waals surface area contributed by atoms with Crippen LogP contribution in [0.25, 0.3) is 10.9 Å². The van der Waals surface area contributed by atoms with E-state index >= 15 is 0 Å². The van der Waals surface area contributed by atoms with Gasteiger partial charge >= 0.3 is 5.97 Å². The van der Waals surface area contributed by atoms with Crippen molar-refractivity contribution in [1.82, 2.24) is 9.47 Å². The van der Waals surface area contributed by atoms with E-state index < -0.39 is 6.17 Å². The van der Waals surface area contributed by atoms with E-state index in [-0.39, 0.29) is 5.97 Å². The molecule has 0 amide bonds. The maximum atomic E-state index is 13.5. The molecule has 0 bridgehead atoms. The zero-order valence-corrected chi connectivity index (χ0v) is 17.0. The summed E-state index contributed by atoms with van der Waals surface area (Å²) in [6.07, 6.45) is 0.774. The number of esters is 1. The van der Waals surface area contributed by atoms with Gasteiger partial charge in [0.1, 0.15) is 6.17 Å². The first-order chi connectivity index (χ1) is 14.1. The third-order valence-electron chi connectivity index (χ3n) is 5.97. The Labute approximate surface area is 170 Å². The number of likely N-dealkylation sites (tertiary alicyclic amines) is 1. The van der Waals surface area contributed by atoms with Crippen LogP contribution >= 0.6 is 0 Å². The van der Waals surface area contributed by atoms with E-state index in [1.165, 1.54) is 29.3 Å². The molecule has 2 heterocycles. The van der Waals surface area contributed by atoms with Gasteiger partial charge in [0.05, 0.1) is 12.7 Å². The fraction of sp³-hybridized carbons (Fsp3) is 0.375. The van der Waals surface area contributed by atoms with Crippen LogP contribution in [0.15, 0.2) is 48.5 Å². The molecule has 3 aromatic rings. The summed E-state index contributed by atoms with van der Waals surface area (Å²) in [5, 5.41) is 1.26. The molecule has 29 heavy (non-hydrogen) atoms. The summed E-state index contributed by atoms with van der Waals surface area (Å²) in [4.78, 5) is 13.9. The van der Waals surface area contributed by atoms with Crippen LogP contribution < -0.4 is 0 Å². The van der Waals surface area contributed by atoms with Crippen LogP contribution in [0.4, 0.5) is 4.39 Å². The van der Waals surface area contributed by atoms with Crippen molar-refractivity contribution >= 4 is 16.9 Å². The Morgan fingerprint density at radius 3 is 2.59 bits per heavy atom. The van der Waals surface area contributed by atoms with Crippen LogP contribution in [0.3, 0.4) is 0 Å². The molecule has 4 rings (SSSR count). The van der Waals surface area contributed by atoms with E-state index in [0.29, 0.717) is 18.5 Å². The number of benzene rings is 2. The number of halogens is 1. The average molecular weight is 394 g/mol. The van der Waals surface area contributed by atoms with Gasteiger partial charge in [0.25, 0.3) is 0 Å². The van der Waals surface area contributed by atoms with Crippen LogP contribution in [-0.2, 0) is 17.7 Å². The number of carbonyl (C=O) groups is 1. The van der Waals surface area contributed by atoms with Crippen molar-refractivity contribution in [3.63, 3.8) is 0 Å². The van der Waals surface area contributed by atoms with Crippen molar-refractivity contribution in [2.45, 2.75) is 32.5 Å². The highest BCUT2D eigenvalue weighted by Crippen LogP contribution is 2.28. The molecule has 1 saturated heterocycles. The number of alkyl halides is 1. The Bertz CT molecular complexity index is 1010. The van der Waals surface area contributed by atoms with Gasteiger partial charge in [0, 0.05) is 42.8 Å². The van der Waals surface area contributed by atoms with Crippen LogP contribution in [0.5, 0.6) is 0 Å². The zero-order valence-electron chi connectivity index (χ0n) is 17.0. The summed E-state index contributed by atoms with van der Waals surface area (Å²) in [7, 11) is 1.39. The number of hydrogen-bond acceptors (Lipinski definition) is 3. The zero-order chi connectivity index (χ0) is 20.4. The van der Waals surface area contributed by atoms with Gasteiger partial charge in [-0.05, 0) is 49.1 Å². The molecule has 1 aliphatic rings. The lowest BCUT2D eigenvalue weighted by atomic mass is 10.0. The van der Waals surface area contributed by atoms with Crippen molar-refractivity contribution in [2.75, 3.05) is 26.7 Å². The van der Waals surface area contributed by atoms with Gasteiger partial charge in [0.2, 0.25) is 0 Å². The van der Waals surface area contributed by atoms with E-state index in [0.717, 1.165) is 31.6 Å². The third-order valence-corrected chi connectivity index (χ3v) is 5.97. The van der Waals surface area contributed by atoms with Crippen molar-refractivity contribution in [3.05, 3.63) is 70.9 Å². The molecule has 0 spiro atoms. The summed E-state index contributed by atoms with van der Waals surface area (Å²) in [6, 6.07) is 16.1. The van der Waals surface area contributed by atoms with E-state index in [1.807, 2.05) is 24.3 Å². The van der Waals surface area contributed by atoms with E-state index in [4.69, 9.17) is 4.74 Å².